The molecular formula is C6H11O5. The van der Waals surface area contributed by atoms with Gasteiger partial charge in [-0.15, -0.1) is 0 Å². The number of hydrogen-bond donors (Lipinski definition) is 4. The highest BCUT2D eigenvalue weighted by molar-refractivity contribution is 4.98. The zero-order valence-electron chi connectivity index (χ0n) is 6.01. The summed E-state index contributed by atoms with van der Waals surface area (Å²) in [4.78, 5) is 0. The van der Waals surface area contributed by atoms with E-state index in [1.54, 1.807) is 0 Å². The lowest BCUT2D eigenvalue weighted by Gasteiger charge is -2.35. The van der Waals surface area contributed by atoms with Crippen LogP contribution < -0.4 is 0 Å². The molecule has 0 amide bonds. The maximum Gasteiger partial charge on any atom is 0.190 e. The summed E-state index contributed by atoms with van der Waals surface area (Å²) in [7, 11) is 0. The highest BCUT2D eigenvalue weighted by atomic mass is 16.7. The third-order valence-corrected chi connectivity index (χ3v) is 1.70. The molecule has 0 aromatic carbocycles. The van der Waals surface area contributed by atoms with Gasteiger partial charge in [-0.05, 0) is 6.92 Å². The number of hydrogen-bond acceptors (Lipinski definition) is 5. The summed E-state index contributed by atoms with van der Waals surface area (Å²) in [6, 6.07) is 0. The SMILES string of the molecule is C[C@@H]1OC(O)[13C](O)[C@H](O)[C@@H]1O. The average Bonchev–Trinajstić information content (AvgIpc) is 1.97. The third kappa shape index (κ3) is 1.52. The Hall–Kier alpha value is -0.200. The second-order valence-electron chi connectivity index (χ2n) is 2.55. The summed E-state index contributed by atoms with van der Waals surface area (Å²) in [5.41, 5.74) is 0. The summed E-state index contributed by atoms with van der Waals surface area (Å²) in [5.74, 6) is 0. The van der Waals surface area contributed by atoms with Crippen molar-refractivity contribution in [3.05, 3.63) is 6.10 Å². The largest absolute Gasteiger partial charge is 0.388 e. The summed E-state index contributed by atoms with van der Waals surface area (Å²) < 4.78 is 4.64. The minimum absolute atomic E-state index is 0.643. The van der Waals surface area contributed by atoms with Crippen LogP contribution in [0.15, 0.2) is 0 Å². The minimum atomic E-state index is -1.50. The summed E-state index contributed by atoms with van der Waals surface area (Å²) >= 11 is 0. The van der Waals surface area contributed by atoms with Crippen molar-refractivity contribution in [2.45, 2.75) is 31.5 Å². The third-order valence-electron chi connectivity index (χ3n) is 1.70. The van der Waals surface area contributed by atoms with E-state index in [-0.39, 0.29) is 0 Å². The highest BCUT2D eigenvalue weighted by Crippen LogP contribution is 2.23. The Kier molecular flexibility index (Phi) is 2.46. The average molecular weight is 164 g/mol. The molecule has 65 valence electrons. The monoisotopic (exact) mass is 164 g/mol. The lowest BCUT2D eigenvalue weighted by molar-refractivity contribution is -0.238. The van der Waals surface area contributed by atoms with Gasteiger partial charge in [-0.25, -0.2) is 0 Å². The van der Waals surface area contributed by atoms with E-state index in [0.29, 0.717) is 0 Å². The van der Waals surface area contributed by atoms with E-state index in [1.165, 1.54) is 6.92 Å². The molecule has 1 aliphatic rings. The van der Waals surface area contributed by atoms with Gasteiger partial charge < -0.3 is 25.2 Å². The van der Waals surface area contributed by atoms with Crippen molar-refractivity contribution in [2.24, 2.45) is 0 Å². The second-order valence-corrected chi connectivity index (χ2v) is 2.55. The van der Waals surface area contributed by atoms with Gasteiger partial charge in [0.1, 0.15) is 12.2 Å². The van der Waals surface area contributed by atoms with Gasteiger partial charge in [0.2, 0.25) is 0 Å². The lowest BCUT2D eigenvalue weighted by atomic mass is 10.1. The Labute approximate surface area is 63.8 Å². The van der Waals surface area contributed by atoms with Crippen molar-refractivity contribution in [2.75, 3.05) is 0 Å². The fourth-order valence-electron chi connectivity index (χ4n) is 0.931. The standard InChI is InChI=1S/C6H11O5/c1-2-3(7)4(8)5(9)6(10)11-2/h2-4,6-10H,1H3/t2-,3+,4+,6?/m0/s1/i5+1. The van der Waals surface area contributed by atoms with Crippen LogP contribution in [0.2, 0.25) is 0 Å². The van der Waals surface area contributed by atoms with Crippen LogP contribution in [-0.2, 0) is 4.74 Å². The van der Waals surface area contributed by atoms with E-state index in [2.05, 4.69) is 4.74 Å². The van der Waals surface area contributed by atoms with Gasteiger partial charge in [0.05, 0.1) is 6.10 Å². The molecule has 1 rings (SSSR count). The smallest absolute Gasteiger partial charge is 0.190 e. The van der Waals surface area contributed by atoms with Crippen LogP contribution in [0.25, 0.3) is 0 Å². The van der Waals surface area contributed by atoms with Crippen molar-refractivity contribution in [3.8, 4) is 0 Å². The van der Waals surface area contributed by atoms with Crippen molar-refractivity contribution >= 4 is 0 Å². The molecule has 1 heterocycles. The predicted molar refractivity (Wildman–Crippen MR) is 33.7 cm³/mol. The molecule has 5 nitrogen and oxygen atoms in total. The molecule has 0 aromatic rings. The fourth-order valence-corrected chi connectivity index (χ4v) is 0.931. The zero-order chi connectivity index (χ0) is 8.59. The molecule has 0 aliphatic carbocycles. The normalized spacial score (nSPS) is 47.7. The Bertz CT molecular complexity index is 125. The number of rotatable bonds is 0. The van der Waals surface area contributed by atoms with Crippen LogP contribution in [0.4, 0.5) is 0 Å². The predicted octanol–water partition coefficient (Wildman–Crippen LogP) is -1.65. The first-order chi connectivity index (χ1) is 5.04. The van der Waals surface area contributed by atoms with Crippen molar-refractivity contribution < 1.29 is 25.2 Å². The Morgan fingerprint density at radius 3 is 2.36 bits per heavy atom. The quantitative estimate of drug-likeness (QED) is 0.322. The number of aliphatic hydroxyl groups excluding tert-OH is 4. The van der Waals surface area contributed by atoms with Crippen LogP contribution >= 0.6 is 0 Å². The molecule has 11 heavy (non-hydrogen) atoms. The molecule has 5 heteroatoms. The molecule has 1 radical (unpaired) electrons. The molecule has 4 N–H and O–H groups in total. The van der Waals surface area contributed by atoms with E-state index in [4.69, 9.17) is 20.4 Å². The summed E-state index contributed by atoms with van der Waals surface area (Å²) in [6.07, 6.45) is -5.43. The van der Waals surface area contributed by atoms with E-state index in [1.807, 2.05) is 0 Å². The Morgan fingerprint density at radius 2 is 1.82 bits per heavy atom. The van der Waals surface area contributed by atoms with Crippen LogP contribution in [0, 0.1) is 6.10 Å². The first kappa shape index (κ1) is 8.89. The van der Waals surface area contributed by atoms with Gasteiger partial charge in [-0.3, -0.25) is 0 Å². The minimum Gasteiger partial charge on any atom is -0.388 e. The first-order valence-corrected chi connectivity index (χ1v) is 3.29. The van der Waals surface area contributed by atoms with E-state index in [0.717, 1.165) is 0 Å². The maximum atomic E-state index is 9.07. The van der Waals surface area contributed by atoms with Crippen molar-refractivity contribution in [1.82, 2.24) is 0 Å². The van der Waals surface area contributed by atoms with Crippen molar-refractivity contribution in [3.63, 3.8) is 0 Å². The van der Waals surface area contributed by atoms with E-state index < -0.39 is 30.7 Å². The first-order valence-electron chi connectivity index (χ1n) is 3.29. The molecule has 0 saturated carbocycles. The molecule has 1 saturated heterocycles. The van der Waals surface area contributed by atoms with Crippen LogP contribution in [0.5, 0.6) is 0 Å². The van der Waals surface area contributed by atoms with Gasteiger partial charge in [0.25, 0.3) is 0 Å². The topological polar surface area (TPSA) is 90.2 Å². The fraction of sp³-hybridized carbons (Fsp3) is 0.833. The molecule has 0 bridgehead atoms. The van der Waals surface area contributed by atoms with Gasteiger partial charge in [0, 0.05) is 0 Å². The molecule has 1 fully saturated rings. The van der Waals surface area contributed by atoms with E-state index in [9.17, 15) is 0 Å². The van der Waals surface area contributed by atoms with E-state index >= 15 is 0 Å². The van der Waals surface area contributed by atoms with Gasteiger partial charge in [-0.2, -0.15) is 0 Å². The van der Waals surface area contributed by atoms with Crippen molar-refractivity contribution in [1.29, 1.82) is 0 Å². The van der Waals surface area contributed by atoms with Gasteiger partial charge in [0.15, 0.2) is 12.4 Å². The number of ether oxygens (including phenoxy) is 1. The number of aliphatic hydroxyl groups is 4. The summed E-state index contributed by atoms with van der Waals surface area (Å²) in [6.45, 7) is 1.49. The molecule has 4 atom stereocenters. The molecule has 0 spiro atoms. The summed E-state index contributed by atoms with van der Waals surface area (Å²) in [5, 5.41) is 35.8. The van der Waals surface area contributed by atoms with Crippen LogP contribution in [-0.4, -0.2) is 45.0 Å². The second kappa shape index (κ2) is 3.04. The lowest BCUT2D eigenvalue weighted by Crippen LogP contribution is -2.52. The van der Waals surface area contributed by atoms with Crippen LogP contribution in [0.1, 0.15) is 6.92 Å². The molecule has 1 unspecified atom stereocenters. The molecule has 0 aromatic heterocycles. The zero-order valence-corrected chi connectivity index (χ0v) is 6.01. The molecular weight excluding hydrogens is 153 g/mol. The maximum absolute atomic E-state index is 9.07. The Balaban J connectivity index is 2.63. The molecule has 1 aliphatic heterocycles. The van der Waals surface area contributed by atoms with Gasteiger partial charge in [-0.1, -0.05) is 0 Å². The Morgan fingerprint density at radius 1 is 1.27 bits per heavy atom. The highest BCUT2D eigenvalue weighted by Gasteiger charge is 2.41. The van der Waals surface area contributed by atoms with Gasteiger partial charge >= 0.3 is 0 Å². The van der Waals surface area contributed by atoms with Crippen LogP contribution in [0.3, 0.4) is 0 Å².